The van der Waals surface area contributed by atoms with Gasteiger partial charge in [0.25, 0.3) is 11.8 Å². The van der Waals surface area contributed by atoms with Crippen LogP contribution in [-0.4, -0.2) is 40.6 Å². The van der Waals surface area contributed by atoms with Crippen molar-refractivity contribution in [3.8, 4) is 0 Å². The van der Waals surface area contributed by atoms with E-state index in [9.17, 15) is 9.59 Å². The number of fused-ring (bicyclic) bond motifs is 1. The van der Waals surface area contributed by atoms with E-state index in [0.29, 0.717) is 16.7 Å². The van der Waals surface area contributed by atoms with E-state index < -0.39 is 17.9 Å². The van der Waals surface area contributed by atoms with Crippen molar-refractivity contribution in [1.29, 1.82) is 0 Å². The van der Waals surface area contributed by atoms with Crippen molar-refractivity contribution in [2.45, 2.75) is 6.04 Å². The average Bonchev–Trinajstić information content (AvgIpc) is 2.80. The monoisotopic (exact) mass is 332 g/mol. The number of nitrogens with zero attached hydrogens (tertiary/aromatic N) is 3. The van der Waals surface area contributed by atoms with Crippen molar-refractivity contribution in [2.24, 2.45) is 0 Å². The van der Waals surface area contributed by atoms with E-state index in [1.165, 1.54) is 13.2 Å². The van der Waals surface area contributed by atoms with Crippen LogP contribution in [0.3, 0.4) is 0 Å². The van der Waals surface area contributed by atoms with Crippen molar-refractivity contribution in [3.63, 3.8) is 0 Å². The van der Waals surface area contributed by atoms with E-state index >= 15 is 0 Å². The Morgan fingerprint density at radius 3 is 2.39 bits per heavy atom. The lowest BCUT2D eigenvalue weighted by Gasteiger charge is -2.26. The van der Waals surface area contributed by atoms with Gasteiger partial charge in [0.05, 0.1) is 23.8 Å². The molecule has 0 unspecified atom stereocenters. The second-order valence-corrected chi connectivity index (χ2v) is 5.37. The zero-order valence-electron chi connectivity index (χ0n) is 12.2. The number of rotatable bonds is 4. The summed E-state index contributed by atoms with van der Waals surface area (Å²) in [5.74, 6) is -0.666. The Balaban J connectivity index is 2.08. The highest BCUT2D eigenvalue weighted by molar-refractivity contribution is 6.30. The van der Waals surface area contributed by atoms with E-state index in [1.807, 2.05) is 0 Å². The first-order chi connectivity index (χ1) is 11.0. The Hall–Kier alpha value is -2.51. The number of hydrogen-bond acceptors (Lipinski definition) is 6. The fourth-order valence-corrected chi connectivity index (χ4v) is 2.81. The third kappa shape index (κ3) is 2.54. The number of methoxy groups -OCH3 is 1. The molecule has 2 heterocycles. The SMILES string of the molecule is COC[C@H](c1cc(N)nnc1Cl)N1C(=O)c2ccccc2C1=O. The normalized spacial score (nSPS) is 15.0. The standard InChI is InChI=1S/C15H13ClN4O3/c1-23-7-11(10-6-12(17)18-19-13(10)16)20-14(21)8-4-2-3-5-9(8)15(20)22/h2-6,11H,7H2,1H3,(H2,17,18)/t11-/m1/s1. The van der Waals surface area contributed by atoms with Gasteiger partial charge in [-0.2, -0.15) is 0 Å². The van der Waals surface area contributed by atoms with Crippen molar-refractivity contribution in [1.82, 2.24) is 15.1 Å². The second kappa shape index (κ2) is 5.94. The van der Waals surface area contributed by atoms with Gasteiger partial charge in [-0.25, -0.2) is 0 Å². The number of benzene rings is 1. The molecule has 2 N–H and O–H groups in total. The van der Waals surface area contributed by atoms with Crippen molar-refractivity contribution < 1.29 is 14.3 Å². The summed E-state index contributed by atoms with van der Waals surface area (Å²) in [6.45, 7) is 0.0658. The maximum Gasteiger partial charge on any atom is 0.262 e. The molecule has 3 rings (SSSR count). The van der Waals surface area contributed by atoms with Crippen LogP contribution in [0.5, 0.6) is 0 Å². The zero-order chi connectivity index (χ0) is 16.6. The van der Waals surface area contributed by atoms with Gasteiger partial charge in [-0.3, -0.25) is 14.5 Å². The third-order valence-corrected chi connectivity index (χ3v) is 3.91. The van der Waals surface area contributed by atoms with Gasteiger partial charge in [0.15, 0.2) is 5.15 Å². The Morgan fingerprint density at radius 2 is 1.83 bits per heavy atom. The molecule has 0 saturated heterocycles. The number of ether oxygens (including phenoxy) is 1. The first kappa shape index (κ1) is 15.4. The fraction of sp³-hybridized carbons (Fsp3) is 0.200. The predicted molar refractivity (Wildman–Crippen MR) is 83.0 cm³/mol. The molecule has 8 heteroatoms. The van der Waals surface area contributed by atoms with Gasteiger partial charge in [0.2, 0.25) is 0 Å². The number of anilines is 1. The Bertz CT molecular complexity index is 761. The van der Waals surface area contributed by atoms with Crippen LogP contribution in [0, 0.1) is 0 Å². The smallest absolute Gasteiger partial charge is 0.262 e. The fourth-order valence-electron chi connectivity index (χ4n) is 2.59. The van der Waals surface area contributed by atoms with E-state index in [4.69, 9.17) is 22.1 Å². The van der Waals surface area contributed by atoms with Crippen LogP contribution in [0.4, 0.5) is 5.82 Å². The Kier molecular flexibility index (Phi) is 3.97. The summed E-state index contributed by atoms with van der Waals surface area (Å²) in [6.07, 6.45) is 0. The molecule has 0 fully saturated rings. The number of nitrogens with two attached hydrogens (primary N) is 1. The van der Waals surface area contributed by atoms with E-state index in [1.54, 1.807) is 24.3 Å². The largest absolute Gasteiger partial charge is 0.382 e. The number of nitrogen functional groups attached to an aromatic ring is 1. The number of hydrogen-bond donors (Lipinski definition) is 1. The zero-order valence-corrected chi connectivity index (χ0v) is 12.9. The summed E-state index contributed by atoms with van der Waals surface area (Å²) in [5.41, 5.74) is 6.77. The van der Waals surface area contributed by atoms with Gasteiger partial charge >= 0.3 is 0 Å². The molecule has 1 aromatic carbocycles. The van der Waals surface area contributed by atoms with Crippen LogP contribution in [-0.2, 0) is 4.74 Å². The molecular weight excluding hydrogens is 320 g/mol. The molecule has 2 aromatic rings. The maximum absolute atomic E-state index is 12.6. The van der Waals surface area contributed by atoms with Gasteiger partial charge < -0.3 is 10.5 Å². The van der Waals surface area contributed by atoms with Gasteiger partial charge in [-0.05, 0) is 18.2 Å². The number of carbonyl (C=O) groups excluding carboxylic acids is 2. The molecule has 0 aliphatic carbocycles. The summed E-state index contributed by atoms with van der Waals surface area (Å²) in [6, 6.07) is 7.39. The number of imide groups is 1. The van der Waals surface area contributed by atoms with E-state index in [2.05, 4.69) is 10.2 Å². The number of carbonyl (C=O) groups is 2. The lowest BCUT2D eigenvalue weighted by Crippen LogP contribution is -2.36. The lowest BCUT2D eigenvalue weighted by atomic mass is 10.1. The third-order valence-electron chi connectivity index (χ3n) is 3.62. The minimum atomic E-state index is -0.738. The molecule has 1 atom stereocenters. The number of amides is 2. The van der Waals surface area contributed by atoms with Crippen LogP contribution < -0.4 is 5.73 Å². The van der Waals surface area contributed by atoms with Crippen LogP contribution >= 0.6 is 11.6 Å². The molecule has 2 amide bonds. The van der Waals surface area contributed by atoms with E-state index in [-0.39, 0.29) is 17.6 Å². The molecular formula is C15H13ClN4O3. The highest BCUT2D eigenvalue weighted by Crippen LogP contribution is 2.34. The molecule has 1 aromatic heterocycles. The Labute approximate surface area is 137 Å². The number of aromatic nitrogens is 2. The van der Waals surface area contributed by atoms with Crippen LogP contribution in [0.1, 0.15) is 32.3 Å². The summed E-state index contributed by atoms with van der Waals surface area (Å²) >= 11 is 6.08. The first-order valence-electron chi connectivity index (χ1n) is 6.79. The maximum atomic E-state index is 12.6. The summed E-state index contributed by atoms with van der Waals surface area (Å²) in [4.78, 5) is 26.4. The van der Waals surface area contributed by atoms with Crippen LogP contribution in [0.25, 0.3) is 0 Å². The second-order valence-electron chi connectivity index (χ2n) is 5.01. The molecule has 0 spiro atoms. The highest BCUT2D eigenvalue weighted by Gasteiger charge is 2.41. The first-order valence-corrected chi connectivity index (χ1v) is 7.17. The van der Waals surface area contributed by atoms with Crippen LogP contribution in [0.15, 0.2) is 30.3 Å². The summed E-state index contributed by atoms with van der Waals surface area (Å²) < 4.78 is 5.17. The van der Waals surface area contributed by atoms with Crippen molar-refractivity contribution in [2.75, 3.05) is 19.5 Å². The molecule has 0 bridgehead atoms. The molecule has 1 aliphatic rings. The summed E-state index contributed by atoms with van der Waals surface area (Å²) in [5, 5.41) is 7.46. The van der Waals surface area contributed by atoms with Gasteiger partial charge in [0.1, 0.15) is 5.82 Å². The van der Waals surface area contributed by atoms with Gasteiger partial charge in [-0.1, -0.05) is 23.7 Å². The minimum Gasteiger partial charge on any atom is -0.382 e. The van der Waals surface area contributed by atoms with Crippen molar-refractivity contribution in [3.05, 3.63) is 52.2 Å². The molecule has 118 valence electrons. The lowest BCUT2D eigenvalue weighted by molar-refractivity contribution is 0.0469. The van der Waals surface area contributed by atoms with Gasteiger partial charge in [-0.15, -0.1) is 10.2 Å². The summed E-state index contributed by atoms with van der Waals surface area (Å²) in [7, 11) is 1.47. The van der Waals surface area contributed by atoms with Crippen molar-refractivity contribution >= 4 is 29.2 Å². The number of halogens is 1. The quantitative estimate of drug-likeness (QED) is 0.855. The van der Waals surface area contributed by atoms with Crippen LogP contribution in [0.2, 0.25) is 5.15 Å². The molecule has 0 saturated carbocycles. The van der Waals surface area contributed by atoms with E-state index in [0.717, 1.165) is 4.90 Å². The minimum absolute atomic E-state index is 0.0658. The molecule has 7 nitrogen and oxygen atoms in total. The Morgan fingerprint density at radius 1 is 1.22 bits per heavy atom. The molecule has 1 aliphatic heterocycles. The molecule has 0 radical (unpaired) electrons. The topological polar surface area (TPSA) is 98.4 Å². The highest BCUT2D eigenvalue weighted by atomic mass is 35.5. The van der Waals surface area contributed by atoms with Gasteiger partial charge in [0, 0.05) is 12.7 Å². The average molecular weight is 333 g/mol. The molecule has 23 heavy (non-hydrogen) atoms. The predicted octanol–water partition coefficient (Wildman–Crippen LogP) is 1.70.